The second kappa shape index (κ2) is 6.13. The molecule has 0 aromatic heterocycles. The zero-order chi connectivity index (χ0) is 14.0. The minimum atomic E-state index is -0.357. The van der Waals surface area contributed by atoms with Crippen molar-refractivity contribution in [3.05, 3.63) is 29.0 Å². The fourth-order valence-corrected chi connectivity index (χ4v) is 3.35. The summed E-state index contributed by atoms with van der Waals surface area (Å²) in [4.78, 5) is 0. The van der Waals surface area contributed by atoms with E-state index in [-0.39, 0.29) is 10.8 Å². The number of anilines is 1. The van der Waals surface area contributed by atoms with E-state index in [1.54, 1.807) is 12.1 Å². The van der Waals surface area contributed by atoms with Gasteiger partial charge in [0.25, 0.3) is 0 Å². The highest BCUT2D eigenvalue weighted by Gasteiger charge is 2.30. The summed E-state index contributed by atoms with van der Waals surface area (Å²) in [6.07, 6.45) is 3.76. The van der Waals surface area contributed by atoms with Crippen LogP contribution >= 0.6 is 11.6 Å². The van der Waals surface area contributed by atoms with Crippen molar-refractivity contribution in [2.45, 2.75) is 46.1 Å². The van der Waals surface area contributed by atoms with E-state index in [1.807, 2.05) is 0 Å². The van der Waals surface area contributed by atoms with E-state index in [0.29, 0.717) is 17.9 Å². The van der Waals surface area contributed by atoms with E-state index in [0.717, 1.165) is 11.6 Å². The third-order valence-corrected chi connectivity index (χ3v) is 4.58. The van der Waals surface area contributed by atoms with E-state index in [9.17, 15) is 4.39 Å². The van der Waals surface area contributed by atoms with Crippen LogP contribution in [0.2, 0.25) is 5.02 Å². The summed E-state index contributed by atoms with van der Waals surface area (Å²) < 4.78 is 13.2. The van der Waals surface area contributed by atoms with Gasteiger partial charge < -0.3 is 5.32 Å². The molecule has 0 aliphatic heterocycles. The Bertz CT molecular complexity index is 433. The normalized spacial score (nSPS) is 27.6. The Hall–Kier alpha value is -0.760. The third kappa shape index (κ3) is 3.62. The van der Waals surface area contributed by atoms with E-state index in [1.165, 1.54) is 25.3 Å². The first-order valence-corrected chi connectivity index (χ1v) is 7.56. The molecule has 0 radical (unpaired) electrons. The van der Waals surface area contributed by atoms with E-state index in [2.05, 4.69) is 26.1 Å². The highest BCUT2D eigenvalue weighted by atomic mass is 35.5. The Balaban J connectivity index is 2.11. The minimum Gasteiger partial charge on any atom is -0.382 e. The van der Waals surface area contributed by atoms with Crippen molar-refractivity contribution in [2.24, 2.45) is 17.8 Å². The minimum absolute atomic E-state index is 0.190. The summed E-state index contributed by atoms with van der Waals surface area (Å²) in [7, 11) is 0. The summed E-state index contributed by atoms with van der Waals surface area (Å²) in [5.74, 6) is 1.74. The molecule has 3 unspecified atom stereocenters. The van der Waals surface area contributed by atoms with Crippen molar-refractivity contribution in [3.8, 4) is 0 Å². The SMILES string of the molecule is CC1CCC(C(C)C)C(Nc2ccc(F)c(Cl)c2)C1. The zero-order valence-electron chi connectivity index (χ0n) is 11.9. The molecule has 106 valence electrons. The van der Waals surface area contributed by atoms with Crippen LogP contribution in [0.4, 0.5) is 10.1 Å². The van der Waals surface area contributed by atoms with Crippen molar-refractivity contribution in [3.63, 3.8) is 0 Å². The van der Waals surface area contributed by atoms with Gasteiger partial charge in [0.2, 0.25) is 0 Å². The lowest BCUT2D eigenvalue weighted by atomic mass is 9.74. The fourth-order valence-electron chi connectivity index (χ4n) is 3.17. The predicted octanol–water partition coefficient (Wildman–Crippen LogP) is 5.35. The number of halogens is 2. The molecule has 1 aromatic carbocycles. The van der Waals surface area contributed by atoms with Gasteiger partial charge >= 0.3 is 0 Å². The first-order chi connectivity index (χ1) is 8.97. The summed E-state index contributed by atoms with van der Waals surface area (Å²) in [6, 6.07) is 5.36. The molecule has 1 nitrogen and oxygen atoms in total. The van der Waals surface area contributed by atoms with Crippen molar-refractivity contribution >= 4 is 17.3 Å². The zero-order valence-corrected chi connectivity index (χ0v) is 12.7. The lowest BCUT2D eigenvalue weighted by molar-refractivity contribution is 0.212. The topological polar surface area (TPSA) is 12.0 Å². The van der Waals surface area contributed by atoms with Crippen LogP contribution < -0.4 is 5.32 Å². The first kappa shape index (κ1) is 14.6. The summed E-state index contributed by atoms with van der Waals surface area (Å²) in [6.45, 7) is 6.88. The largest absolute Gasteiger partial charge is 0.382 e. The van der Waals surface area contributed by atoms with Gasteiger partial charge in [0.1, 0.15) is 5.82 Å². The lowest BCUT2D eigenvalue weighted by Gasteiger charge is -2.38. The monoisotopic (exact) mass is 283 g/mol. The molecule has 3 atom stereocenters. The Morgan fingerprint density at radius 2 is 2.05 bits per heavy atom. The molecule has 1 saturated carbocycles. The van der Waals surface area contributed by atoms with Gasteiger partial charge in [-0.15, -0.1) is 0 Å². The Kier molecular flexibility index (Phi) is 4.72. The smallest absolute Gasteiger partial charge is 0.141 e. The lowest BCUT2D eigenvalue weighted by Crippen LogP contribution is -2.37. The van der Waals surface area contributed by atoms with Gasteiger partial charge in [0, 0.05) is 11.7 Å². The summed E-state index contributed by atoms with van der Waals surface area (Å²) >= 11 is 5.84. The molecule has 2 rings (SSSR count). The maximum atomic E-state index is 13.2. The van der Waals surface area contributed by atoms with E-state index in [4.69, 9.17) is 11.6 Å². The van der Waals surface area contributed by atoms with Crippen LogP contribution in [0.15, 0.2) is 18.2 Å². The molecular formula is C16H23ClFN. The molecule has 0 bridgehead atoms. The van der Waals surface area contributed by atoms with Crippen molar-refractivity contribution in [1.29, 1.82) is 0 Å². The maximum Gasteiger partial charge on any atom is 0.141 e. The van der Waals surface area contributed by atoms with Gasteiger partial charge in [-0.1, -0.05) is 38.8 Å². The molecule has 0 heterocycles. The highest BCUT2D eigenvalue weighted by molar-refractivity contribution is 6.31. The molecule has 1 aliphatic carbocycles. The van der Waals surface area contributed by atoms with Crippen LogP contribution in [0.25, 0.3) is 0 Å². The number of benzene rings is 1. The average Bonchev–Trinajstić information content (AvgIpc) is 2.33. The van der Waals surface area contributed by atoms with Gasteiger partial charge in [-0.3, -0.25) is 0 Å². The molecule has 0 amide bonds. The third-order valence-electron chi connectivity index (χ3n) is 4.29. The molecular weight excluding hydrogens is 261 g/mol. The number of hydrogen-bond donors (Lipinski definition) is 1. The predicted molar refractivity (Wildman–Crippen MR) is 80.2 cm³/mol. The fraction of sp³-hybridized carbons (Fsp3) is 0.625. The first-order valence-electron chi connectivity index (χ1n) is 7.19. The van der Waals surface area contributed by atoms with Crippen LogP contribution in [0.5, 0.6) is 0 Å². The van der Waals surface area contributed by atoms with Crippen molar-refractivity contribution in [2.75, 3.05) is 5.32 Å². The van der Waals surface area contributed by atoms with Crippen LogP contribution in [0, 0.1) is 23.6 Å². The summed E-state index contributed by atoms with van der Waals surface area (Å²) in [5, 5.41) is 3.75. The highest BCUT2D eigenvalue weighted by Crippen LogP contribution is 2.35. The van der Waals surface area contributed by atoms with Crippen LogP contribution in [-0.2, 0) is 0 Å². The molecule has 3 heteroatoms. The molecule has 1 aliphatic rings. The molecule has 1 aromatic rings. The van der Waals surface area contributed by atoms with E-state index < -0.39 is 0 Å². The molecule has 1 N–H and O–H groups in total. The second-order valence-corrected chi connectivity index (χ2v) is 6.61. The van der Waals surface area contributed by atoms with Crippen LogP contribution in [0.3, 0.4) is 0 Å². The number of hydrogen-bond acceptors (Lipinski definition) is 1. The molecule has 1 fully saturated rings. The second-order valence-electron chi connectivity index (χ2n) is 6.21. The van der Waals surface area contributed by atoms with Crippen molar-refractivity contribution in [1.82, 2.24) is 0 Å². The van der Waals surface area contributed by atoms with Gasteiger partial charge in [-0.25, -0.2) is 4.39 Å². The quantitative estimate of drug-likeness (QED) is 0.788. The van der Waals surface area contributed by atoms with Gasteiger partial charge in [0.05, 0.1) is 5.02 Å². The van der Waals surface area contributed by atoms with Gasteiger partial charge in [0.15, 0.2) is 0 Å². The standard InChI is InChI=1S/C16H23ClFN/c1-10(2)13-6-4-11(3)8-16(13)19-12-5-7-15(18)14(17)9-12/h5,7,9-11,13,16,19H,4,6,8H2,1-3H3. The molecule has 0 spiro atoms. The number of nitrogens with one attached hydrogen (secondary N) is 1. The molecule has 19 heavy (non-hydrogen) atoms. The van der Waals surface area contributed by atoms with Crippen LogP contribution in [-0.4, -0.2) is 6.04 Å². The van der Waals surface area contributed by atoms with Gasteiger partial charge in [-0.05, 0) is 48.8 Å². The Morgan fingerprint density at radius 3 is 2.68 bits per heavy atom. The van der Waals surface area contributed by atoms with Crippen molar-refractivity contribution < 1.29 is 4.39 Å². The Labute approximate surface area is 120 Å². The Morgan fingerprint density at radius 1 is 1.32 bits per heavy atom. The van der Waals surface area contributed by atoms with E-state index >= 15 is 0 Å². The average molecular weight is 284 g/mol. The maximum absolute atomic E-state index is 13.2. The van der Waals surface area contributed by atoms with Crippen LogP contribution in [0.1, 0.15) is 40.0 Å². The molecule has 0 saturated heterocycles. The summed E-state index contributed by atoms with van der Waals surface area (Å²) in [5.41, 5.74) is 0.927. The number of rotatable bonds is 3. The van der Waals surface area contributed by atoms with Gasteiger partial charge in [-0.2, -0.15) is 0 Å².